The molecule has 0 aliphatic heterocycles. The Morgan fingerprint density at radius 1 is 1.19 bits per heavy atom. The SMILES string of the molecule is CCCCCn1nc(C(C)(C)C)cc1C(=O)NCC(C)c1ccccc1. The average molecular weight is 356 g/mol. The summed E-state index contributed by atoms with van der Waals surface area (Å²) >= 11 is 0. The van der Waals surface area contributed by atoms with Crippen LogP contribution in [0.15, 0.2) is 36.4 Å². The predicted molar refractivity (Wildman–Crippen MR) is 108 cm³/mol. The molecule has 0 saturated heterocycles. The van der Waals surface area contributed by atoms with E-state index in [4.69, 9.17) is 5.10 Å². The van der Waals surface area contributed by atoms with Crippen LogP contribution in [0, 0.1) is 0 Å². The topological polar surface area (TPSA) is 46.9 Å². The highest BCUT2D eigenvalue weighted by Crippen LogP contribution is 2.22. The molecule has 1 heterocycles. The second-order valence-electron chi connectivity index (χ2n) is 8.12. The van der Waals surface area contributed by atoms with Crippen LogP contribution in [-0.2, 0) is 12.0 Å². The predicted octanol–water partition coefficient (Wildman–Crippen LogP) is 4.90. The highest BCUT2D eigenvalue weighted by Gasteiger charge is 2.23. The third-order valence-corrected chi connectivity index (χ3v) is 4.69. The third kappa shape index (κ3) is 5.45. The first-order chi connectivity index (χ1) is 12.3. The first kappa shape index (κ1) is 20.2. The standard InChI is InChI=1S/C22H33N3O/c1-6-7-11-14-25-19(15-20(24-25)22(3,4)5)21(26)23-16-17(2)18-12-9-8-10-13-18/h8-10,12-13,15,17H,6-7,11,14,16H2,1-5H3,(H,23,26). The summed E-state index contributed by atoms with van der Waals surface area (Å²) in [6.07, 6.45) is 3.35. The van der Waals surface area contributed by atoms with Gasteiger partial charge in [0.05, 0.1) is 5.69 Å². The van der Waals surface area contributed by atoms with Gasteiger partial charge in [0.25, 0.3) is 5.91 Å². The highest BCUT2D eigenvalue weighted by molar-refractivity contribution is 5.92. The van der Waals surface area contributed by atoms with Gasteiger partial charge in [-0.05, 0) is 24.0 Å². The zero-order valence-electron chi connectivity index (χ0n) is 16.9. The van der Waals surface area contributed by atoms with Crippen molar-refractivity contribution in [2.75, 3.05) is 6.54 Å². The Morgan fingerprint density at radius 3 is 2.50 bits per heavy atom. The van der Waals surface area contributed by atoms with Gasteiger partial charge in [0.15, 0.2) is 0 Å². The van der Waals surface area contributed by atoms with Crippen molar-refractivity contribution in [2.45, 2.75) is 71.8 Å². The Bertz CT molecular complexity index is 698. The summed E-state index contributed by atoms with van der Waals surface area (Å²) in [5, 5.41) is 7.81. The van der Waals surface area contributed by atoms with Crippen LogP contribution in [0.4, 0.5) is 0 Å². The Kier molecular flexibility index (Phi) is 7.01. The lowest BCUT2D eigenvalue weighted by atomic mass is 9.92. The molecule has 2 rings (SSSR count). The molecule has 4 nitrogen and oxygen atoms in total. The van der Waals surface area contributed by atoms with Gasteiger partial charge in [-0.25, -0.2) is 0 Å². The van der Waals surface area contributed by atoms with Crippen molar-refractivity contribution in [3.8, 4) is 0 Å². The fourth-order valence-electron chi connectivity index (χ4n) is 2.88. The van der Waals surface area contributed by atoms with E-state index in [0.29, 0.717) is 12.2 Å². The van der Waals surface area contributed by atoms with E-state index in [1.807, 2.05) is 28.9 Å². The molecule has 26 heavy (non-hydrogen) atoms. The molecule has 0 fully saturated rings. The normalized spacial score (nSPS) is 12.8. The molecule has 1 aromatic heterocycles. The molecule has 0 spiro atoms. The van der Waals surface area contributed by atoms with Crippen molar-refractivity contribution in [3.63, 3.8) is 0 Å². The van der Waals surface area contributed by atoms with Crippen LogP contribution in [0.3, 0.4) is 0 Å². The van der Waals surface area contributed by atoms with Crippen molar-refractivity contribution in [1.29, 1.82) is 0 Å². The van der Waals surface area contributed by atoms with Crippen LogP contribution in [0.25, 0.3) is 0 Å². The van der Waals surface area contributed by atoms with Crippen LogP contribution < -0.4 is 5.32 Å². The maximum absolute atomic E-state index is 12.8. The van der Waals surface area contributed by atoms with E-state index >= 15 is 0 Å². The Hall–Kier alpha value is -2.10. The van der Waals surface area contributed by atoms with Crippen LogP contribution in [0.5, 0.6) is 0 Å². The van der Waals surface area contributed by atoms with Gasteiger partial charge < -0.3 is 5.32 Å². The monoisotopic (exact) mass is 355 g/mol. The lowest BCUT2D eigenvalue weighted by Gasteiger charge is -2.14. The quantitative estimate of drug-likeness (QED) is 0.684. The van der Waals surface area contributed by atoms with Gasteiger partial charge in [-0.1, -0.05) is 77.8 Å². The number of unbranched alkanes of at least 4 members (excludes halogenated alkanes) is 2. The molecule has 0 saturated carbocycles. The number of amides is 1. The summed E-state index contributed by atoms with van der Waals surface area (Å²) in [6, 6.07) is 12.2. The number of hydrogen-bond donors (Lipinski definition) is 1. The number of rotatable bonds is 8. The second kappa shape index (κ2) is 9.02. The smallest absolute Gasteiger partial charge is 0.269 e. The summed E-state index contributed by atoms with van der Waals surface area (Å²) in [5.41, 5.74) is 2.81. The molecule has 1 aromatic carbocycles. The molecule has 0 aliphatic rings. The van der Waals surface area contributed by atoms with Crippen molar-refractivity contribution < 1.29 is 4.79 Å². The lowest BCUT2D eigenvalue weighted by molar-refractivity contribution is 0.0940. The number of benzene rings is 1. The molecule has 0 bridgehead atoms. The molecular formula is C22H33N3O. The summed E-state index contributed by atoms with van der Waals surface area (Å²) in [4.78, 5) is 12.8. The minimum Gasteiger partial charge on any atom is -0.350 e. The first-order valence-electron chi connectivity index (χ1n) is 9.74. The third-order valence-electron chi connectivity index (χ3n) is 4.69. The molecule has 1 unspecified atom stereocenters. The van der Waals surface area contributed by atoms with E-state index in [-0.39, 0.29) is 17.2 Å². The number of aromatic nitrogens is 2. The zero-order chi connectivity index (χ0) is 19.2. The highest BCUT2D eigenvalue weighted by atomic mass is 16.2. The summed E-state index contributed by atoms with van der Waals surface area (Å²) in [6.45, 7) is 12.1. The van der Waals surface area contributed by atoms with Crippen LogP contribution in [0.2, 0.25) is 0 Å². The van der Waals surface area contributed by atoms with Gasteiger partial charge in [0.1, 0.15) is 5.69 Å². The molecule has 1 atom stereocenters. The van der Waals surface area contributed by atoms with Crippen LogP contribution in [0.1, 0.15) is 81.5 Å². The Labute approximate surface area is 158 Å². The second-order valence-corrected chi connectivity index (χ2v) is 8.12. The largest absolute Gasteiger partial charge is 0.350 e. The van der Waals surface area contributed by atoms with E-state index in [9.17, 15) is 4.79 Å². The van der Waals surface area contributed by atoms with Gasteiger partial charge in [0, 0.05) is 18.5 Å². The average Bonchev–Trinajstić information content (AvgIpc) is 3.05. The van der Waals surface area contributed by atoms with E-state index in [2.05, 4.69) is 52.1 Å². The lowest BCUT2D eigenvalue weighted by Crippen LogP contribution is -2.29. The van der Waals surface area contributed by atoms with E-state index in [1.54, 1.807) is 0 Å². The number of carbonyl (C=O) groups excluding carboxylic acids is 1. The summed E-state index contributed by atoms with van der Waals surface area (Å²) in [7, 11) is 0. The molecule has 4 heteroatoms. The molecular weight excluding hydrogens is 322 g/mol. The molecule has 2 aromatic rings. The van der Waals surface area contributed by atoms with E-state index in [1.165, 1.54) is 5.56 Å². The summed E-state index contributed by atoms with van der Waals surface area (Å²) < 4.78 is 1.89. The Balaban J connectivity index is 2.09. The summed E-state index contributed by atoms with van der Waals surface area (Å²) in [5.74, 6) is 0.242. The Morgan fingerprint density at radius 2 is 1.88 bits per heavy atom. The minimum absolute atomic E-state index is 0.0349. The number of nitrogens with zero attached hydrogens (tertiary/aromatic N) is 2. The van der Waals surface area contributed by atoms with Gasteiger partial charge in [0.2, 0.25) is 0 Å². The van der Waals surface area contributed by atoms with Crippen molar-refractivity contribution in [1.82, 2.24) is 15.1 Å². The van der Waals surface area contributed by atoms with Crippen molar-refractivity contribution in [3.05, 3.63) is 53.3 Å². The van der Waals surface area contributed by atoms with Crippen LogP contribution in [-0.4, -0.2) is 22.2 Å². The molecule has 0 radical (unpaired) electrons. The molecule has 1 amide bonds. The molecule has 1 N–H and O–H groups in total. The fraction of sp³-hybridized carbons (Fsp3) is 0.545. The van der Waals surface area contributed by atoms with E-state index in [0.717, 1.165) is 31.5 Å². The number of carbonyl (C=O) groups is 1. The van der Waals surface area contributed by atoms with Gasteiger partial charge in [-0.3, -0.25) is 9.48 Å². The van der Waals surface area contributed by atoms with Gasteiger partial charge in [-0.2, -0.15) is 5.10 Å². The first-order valence-corrected chi connectivity index (χ1v) is 9.74. The van der Waals surface area contributed by atoms with Gasteiger partial charge >= 0.3 is 0 Å². The maximum atomic E-state index is 12.8. The fourth-order valence-corrected chi connectivity index (χ4v) is 2.88. The molecule has 142 valence electrons. The molecule has 0 aliphatic carbocycles. The number of nitrogens with one attached hydrogen (secondary N) is 1. The zero-order valence-corrected chi connectivity index (χ0v) is 16.9. The van der Waals surface area contributed by atoms with E-state index < -0.39 is 0 Å². The minimum atomic E-state index is -0.0671. The number of hydrogen-bond acceptors (Lipinski definition) is 2. The number of aryl methyl sites for hydroxylation is 1. The van der Waals surface area contributed by atoms with Crippen LogP contribution >= 0.6 is 0 Å². The van der Waals surface area contributed by atoms with Crippen molar-refractivity contribution >= 4 is 5.91 Å². The maximum Gasteiger partial charge on any atom is 0.269 e. The van der Waals surface area contributed by atoms with Crippen molar-refractivity contribution in [2.24, 2.45) is 0 Å². The van der Waals surface area contributed by atoms with Gasteiger partial charge in [-0.15, -0.1) is 0 Å².